The van der Waals surface area contributed by atoms with Crippen LogP contribution in [0.1, 0.15) is 15.7 Å². The van der Waals surface area contributed by atoms with E-state index in [4.69, 9.17) is 11.6 Å². The maximum atomic E-state index is 14.5. The number of aromatic nitrogens is 4. The fourth-order valence-corrected chi connectivity index (χ4v) is 3.42. The maximum absolute atomic E-state index is 14.5. The number of fused-ring (bicyclic) bond motifs is 1. The highest BCUT2D eigenvalue weighted by molar-refractivity contribution is 6.31. The summed E-state index contributed by atoms with van der Waals surface area (Å²) in [5, 5.41) is 2.88. The molecule has 30 heavy (non-hydrogen) atoms. The molecule has 0 atom stereocenters. The van der Waals surface area contributed by atoms with E-state index < -0.39 is 30.0 Å². The van der Waals surface area contributed by atoms with Gasteiger partial charge in [0.25, 0.3) is 0 Å². The lowest BCUT2D eigenvalue weighted by atomic mass is 10.2. The second kappa shape index (κ2) is 7.08. The third kappa shape index (κ3) is 3.64. The van der Waals surface area contributed by atoms with Crippen molar-refractivity contribution in [1.29, 1.82) is 0 Å². The lowest BCUT2D eigenvalue weighted by Gasteiger charge is -2.28. The second-order valence-electron chi connectivity index (χ2n) is 7.01. The van der Waals surface area contributed by atoms with Gasteiger partial charge in [0.05, 0.1) is 11.2 Å². The van der Waals surface area contributed by atoms with Crippen LogP contribution in [0.5, 0.6) is 0 Å². The van der Waals surface area contributed by atoms with Crippen molar-refractivity contribution in [2.45, 2.75) is 24.6 Å². The van der Waals surface area contributed by atoms with Gasteiger partial charge in [0, 0.05) is 33.2 Å². The number of carbonyl (C=O) groups excluding carboxylic acids is 1. The molecule has 2 N–H and O–H groups in total. The third-order valence-corrected chi connectivity index (χ3v) is 5.23. The van der Waals surface area contributed by atoms with Gasteiger partial charge in [0.2, 0.25) is 5.91 Å². The molecule has 0 radical (unpaired) electrons. The average molecular weight is 447 g/mol. The highest BCUT2D eigenvalue weighted by Crippen LogP contribution is 2.44. The molecule has 1 saturated carbocycles. The molecule has 0 aromatic carbocycles. The Balaban J connectivity index is 0.00000181. The Morgan fingerprint density at radius 3 is 2.77 bits per heavy atom. The summed E-state index contributed by atoms with van der Waals surface area (Å²) in [6.07, 6.45) is 0.0212. The normalized spacial score (nSPS) is 15.3. The van der Waals surface area contributed by atoms with Gasteiger partial charge in [-0.25, -0.2) is 19.3 Å². The molecule has 1 aliphatic rings. The van der Waals surface area contributed by atoms with Crippen LogP contribution < -0.4 is 10.2 Å². The Morgan fingerprint density at radius 2 is 2.10 bits per heavy atom. The van der Waals surface area contributed by atoms with Gasteiger partial charge in [-0.15, -0.1) is 0 Å². The van der Waals surface area contributed by atoms with Crippen LogP contribution in [0, 0.1) is 5.82 Å². The molecule has 3 aromatic rings. The first kappa shape index (κ1) is 20.3. The monoisotopic (exact) mass is 446 g/mol. The number of carbonyl (C=O) groups is 1. The summed E-state index contributed by atoms with van der Waals surface area (Å²) >= 11 is 6.00. The van der Waals surface area contributed by atoms with Crippen molar-refractivity contribution in [1.82, 2.24) is 25.3 Å². The van der Waals surface area contributed by atoms with E-state index in [1.165, 1.54) is 18.1 Å². The summed E-state index contributed by atoms with van der Waals surface area (Å²) in [7, 11) is 1.42. The van der Waals surface area contributed by atoms with Crippen molar-refractivity contribution in [3.05, 3.63) is 35.5 Å². The van der Waals surface area contributed by atoms with Gasteiger partial charge in [-0.05, 0) is 18.9 Å². The Bertz CT molecular complexity index is 1140. The number of aromatic amines is 1. The lowest BCUT2D eigenvalue weighted by molar-refractivity contribution is -0.139. The van der Waals surface area contributed by atoms with Gasteiger partial charge in [0.15, 0.2) is 17.5 Å². The van der Waals surface area contributed by atoms with Crippen molar-refractivity contribution >= 4 is 34.4 Å². The van der Waals surface area contributed by atoms with Crippen LogP contribution in [0.4, 0.5) is 23.4 Å². The topological polar surface area (TPSA) is 86.8 Å². The summed E-state index contributed by atoms with van der Waals surface area (Å²) in [6.45, 7) is -1.46. The molecule has 1 fully saturated rings. The van der Waals surface area contributed by atoms with E-state index in [2.05, 4.69) is 19.9 Å². The van der Waals surface area contributed by atoms with Crippen LogP contribution in [0.25, 0.3) is 22.4 Å². The number of nitrogens with one attached hydrogen (secondary N) is 2. The van der Waals surface area contributed by atoms with Gasteiger partial charge in [0.1, 0.15) is 17.7 Å². The molecule has 0 bridgehead atoms. The van der Waals surface area contributed by atoms with E-state index >= 15 is 0 Å². The number of halogens is 5. The van der Waals surface area contributed by atoms with E-state index in [1.807, 2.05) is 5.32 Å². The molecule has 7 nitrogen and oxygen atoms in total. The number of H-pyrrole nitrogens is 1. The highest BCUT2D eigenvalue weighted by Gasteiger charge is 2.55. The van der Waals surface area contributed by atoms with Crippen molar-refractivity contribution in [2.75, 3.05) is 18.5 Å². The fraction of sp³-hybridized carbons (Fsp3) is 0.333. The first-order valence-electron chi connectivity index (χ1n) is 8.85. The molecule has 162 valence electrons. The van der Waals surface area contributed by atoms with Crippen LogP contribution >= 0.6 is 11.6 Å². The van der Waals surface area contributed by atoms with Crippen LogP contribution in [0.15, 0.2) is 24.7 Å². The molecule has 1 amide bonds. The molecular weight excluding hydrogens is 428 g/mol. The molecule has 0 unspecified atom stereocenters. The van der Waals surface area contributed by atoms with Crippen molar-refractivity contribution < 1.29 is 25.2 Å². The van der Waals surface area contributed by atoms with Gasteiger partial charge in [-0.3, -0.25) is 4.79 Å². The van der Waals surface area contributed by atoms with E-state index in [-0.39, 0.29) is 27.3 Å². The van der Waals surface area contributed by atoms with Gasteiger partial charge >= 0.3 is 6.18 Å². The Kier molecular flexibility index (Phi) is 4.80. The molecule has 4 rings (SSSR count). The minimum absolute atomic E-state index is 0. The zero-order valence-electron chi connectivity index (χ0n) is 15.5. The zero-order chi connectivity index (χ0) is 21.7. The van der Waals surface area contributed by atoms with Gasteiger partial charge in [-0.2, -0.15) is 13.2 Å². The molecule has 3 aromatic heterocycles. The average Bonchev–Trinajstić information content (AvgIpc) is 3.40. The van der Waals surface area contributed by atoms with E-state index in [0.29, 0.717) is 21.6 Å². The van der Waals surface area contributed by atoms with E-state index in [9.17, 15) is 22.4 Å². The maximum Gasteiger partial charge on any atom is 0.405 e. The summed E-state index contributed by atoms with van der Waals surface area (Å²) in [4.78, 5) is 29.0. The van der Waals surface area contributed by atoms with Gasteiger partial charge < -0.3 is 15.2 Å². The van der Waals surface area contributed by atoms with Crippen LogP contribution in [0.3, 0.4) is 0 Å². The van der Waals surface area contributed by atoms with Crippen LogP contribution in [-0.4, -0.2) is 51.2 Å². The molecular formula is C18H19ClF4N6O. The van der Waals surface area contributed by atoms with Crippen LogP contribution in [-0.2, 0) is 4.79 Å². The number of nitrogens with zero attached hydrogens (tertiary/aromatic N) is 4. The summed E-state index contributed by atoms with van der Waals surface area (Å²) in [5.41, 5.74) is -0.244. The number of rotatable bonds is 5. The first-order chi connectivity index (χ1) is 14.1. The zero-order valence-corrected chi connectivity index (χ0v) is 16.3. The van der Waals surface area contributed by atoms with Crippen molar-refractivity contribution in [3.8, 4) is 11.4 Å². The molecule has 1 aliphatic carbocycles. The standard InChI is InChI=1S/C18H15ClF4N6O.2H2/c1-29(17(2-3-17)16(30)27-8-18(21,22)23)15-12(20)7-26-14(28-15)11-6-25-13-10(11)4-9(19)5-24-13;;/h4-7H,2-3,8H2,1H3,(H,24,25)(H,27,30);2*1H. The SMILES string of the molecule is CN(c1nc(-c2c[nH]c3ncc(Cl)cc23)ncc1F)C1(C(=O)NCC(F)(F)F)CC1.[HH].[HH]. The largest absolute Gasteiger partial charge is 0.405 e. The predicted molar refractivity (Wildman–Crippen MR) is 106 cm³/mol. The smallest absolute Gasteiger partial charge is 0.345 e. The Hall–Kier alpha value is -2.95. The minimum Gasteiger partial charge on any atom is -0.345 e. The number of hydrogen-bond acceptors (Lipinski definition) is 5. The molecule has 12 heteroatoms. The minimum atomic E-state index is -4.54. The number of hydrogen-bond donors (Lipinski definition) is 2. The summed E-state index contributed by atoms with van der Waals surface area (Å²) in [5.74, 6) is -1.67. The number of pyridine rings is 1. The second-order valence-corrected chi connectivity index (χ2v) is 7.44. The molecule has 3 heterocycles. The van der Waals surface area contributed by atoms with E-state index in [1.54, 1.807) is 12.3 Å². The number of amides is 1. The lowest BCUT2D eigenvalue weighted by Crippen LogP contribution is -2.50. The number of alkyl halides is 3. The fourth-order valence-electron chi connectivity index (χ4n) is 3.27. The molecule has 0 saturated heterocycles. The predicted octanol–water partition coefficient (Wildman–Crippen LogP) is 3.95. The van der Waals surface area contributed by atoms with E-state index in [0.717, 1.165) is 6.20 Å². The van der Waals surface area contributed by atoms with Crippen LogP contribution in [0.2, 0.25) is 5.02 Å². The molecule has 0 aliphatic heterocycles. The number of likely N-dealkylation sites (N-methyl/N-ethyl adjacent to an activating group) is 1. The molecule has 0 spiro atoms. The highest BCUT2D eigenvalue weighted by atomic mass is 35.5. The van der Waals surface area contributed by atoms with Crippen molar-refractivity contribution in [2.24, 2.45) is 0 Å². The summed E-state index contributed by atoms with van der Waals surface area (Å²) < 4.78 is 51.9. The summed E-state index contributed by atoms with van der Waals surface area (Å²) in [6, 6.07) is 1.65. The van der Waals surface area contributed by atoms with Gasteiger partial charge in [-0.1, -0.05) is 11.6 Å². The quantitative estimate of drug-likeness (QED) is 0.579. The Labute approximate surface area is 175 Å². The first-order valence-corrected chi connectivity index (χ1v) is 9.23. The van der Waals surface area contributed by atoms with Crippen molar-refractivity contribution in [3.63, 3.8) is 0 Å². The third-order valence-electron chi connectivity index (χ3n) is 5.02. The Morgan fingerprint density at radius 1 is 1.37 bits per heavy atom. The number of anilines is 1.